The van der Waals surface area contributed by atoms with E-state index in [9.17, 15) is 18.3 Å². The Morgan fingerprint density at radius 2 is 2.00 bits per heavy atom. The molecule has 0 amide bonds. The molecule has 6 heteroatoms. The lowest BCUT2D eigenvalue weighted by molar-refractivity contribution is -0.146. The quantitative estimate of drug-likeness (QED) is 0.842. The summed E-state index contributed by atoms with van der Waals surface area (Å²) in [6, 6.07) is 4.26. The van der Waals surface area contributed by atoms with Crippen molar-refractivity contribution in [3.8, 4) is 5.75 Å². The molecule has 0 saturated heterocycles. The highest BCUT2D eigenvalue weighted by molar-refractivity contribution is 7.92. The molecule has 1 aliphatic heterocycles. The molecule has 5 nitrogen and oxygen atoms in total. The number of phenolic OH excluding ortho intramolecular Hbond substituents is 1. The van der Waals surface area contributed by atoms with Crippen LogP contribution in [0.15, 0.2) is 23.1 Å². The maximum atomic E-state index is 12.3. The van der Waals surface area contributed by atoms with Gasteiger partial charge in [-0.25, -0.2) is 8.42 Å². The number of carboxylic acid groups (broad SMARTS) is 1. The molecule has 1 aliphatic rings. The lowest BCUT2D eigenvalue weighted by Gasteiger charge is -2.25. The van der Waals surface area contributed by atoms with Gasteiger partial charge in [0, 0.05) is 5.56 Å². The highest BCUT2D eigenvalue weighted by Crippen LogP contribution is 2.43. The zero-order valence-corrected chi connectivity index (χ0v) is 10.9. The van der Waals surface area contributed by atoms with Crippen LogP contribution in [0.5, 0.6) is 5.75 Å². The summed E-state index contributed by atoms with van der Waals surface area (Å²) in [6.45, 7) is 2.78. The highest BCUT2D eigenvalue weighted by atomic mass is 32.2. The molecule has 0 aliphatic carbocycles. The highest BCUT2D eigenvalue weighted by Gasteiger charge is 2.50. The molecule has 0 spiro atoms. The Morgan fingerprint density at radius 1 is 1.39 bits per heavy atom. The molecule has 1 unspecified atom stereocenters. The third-order valence-electron chi connectivity index (χ3n) is 3.54. The van der Waals surface area contributed by atoms with Crippen LogP contribution in [0.4, 0.5) is 0 Å². The lowest BCUT2D eigenvalue weighted by atomic mass is 9.86. The van der Waals surface area contributed by atoms with Crippen LogP contribution in [0.1, 0.15) is 19.4 Å². The van der Waals surface area contributed by atoms with Crippen LogP contribution < -0.4 is 0 Å². The first-order chi connectivity index (χ1) is 8.19. The van der Waals surface area contributed by atoms with Gasteiger partial charge in [-0.3, -0.25) is 4.79 Å². The standard InChI is InChI=1S/C12H14O5S/c1-12(2,11(14)15)10-6-7-8(13)4-3-5-9(7)18(10,16)17/h3-5,10,13H,6H2,1-2H3,(H,14,15). The molecule has 2 rings (SSSR count). The first-order valence-electron chi connectivity index (χ1n) is 5.47. The summed E-state index contributed by atoms with van der Waals surface area (Å²) in [5.74, 6) is -1.26. The van der Waals surface area contributed by atoms with Crippen molar-refractivity contribution >= 4 is 15.8 Å². The maximum absolute atomic E-state index is 12.3. The summed E-state index contributed by atoms with van der Waals surface area (Å²) in [5.41, 5.74) is -1.08. The van der Waals surface area contributed by atoms with Gasteiger partial charge in [-0.2, -0.15) is 0 Å². The second kappa shape index (κ2) is 3.71. The summed E-state index contributed by atoms with van der Waals surface area (Å²) < 4.78 is 24.6. The number of phenols is 1. The summed E-state index contributed by atoms with van der Waals surface area (Å²) in [6.07, 6.45) is 0.0314. The molecule has 0 fully saturated rings. The number of carbonyl (C=O) groups is 1. The van der Waals surface area contributed by atoms with E-state index in [0.29, 0.717) is 5.56 Å². The van der Waals surface area contributed by atoms with Gasteiger partial charge in [-0.1, -0.05) is 6.07 Å². The molecule has 1 aromatic rings. The molecule has 0 aromatic heterocycles. The molecule has 0 saturated carbocycles. The van der Waals surface area contributed by atoms with Gasteiger partial charge >= 0.3 is 5.97 Å². The summed E-state index contributed by atoms with van der Waals surface area (Å²) >= 11 is 0. The number of aromatic hydroxyl groups is 1. The number of fused-ring (bicyclic) bond motifs is 1. The van der Waals surface area contributed by atoms with Crippen molar-refractivity contribution in [1.29, 1.82) is 0 Å². The Labute approximate surface area is 105 Å². The number of aliphatic carboxylic acids is 1. The number of sulfone groups is 1. The third kappa shape index (κ3) is 1.59. The summed E-state index contributed by atoms with van der Waals surface area (Å²) in [5, 5.41) is 17.8. The molecule has 0 bridgehead atoms. The zero-order chi connectivity index (χ0) is 13.7. The molecular weight excluding hydrogens is 256 g/mol. The van der Waals surface area contributed by atoms with E-state index in [2.05, 4.69) is 0 Å². The van der Waals surface area contributed by atoms with Crippen LogP contribution in [-0.4, -0.2) is 29.9 Å². The minimum absolute atomic E-state index is 0.0314. The molecule has 18 heavy (non-hydrogen) atoms. The number of hydrogen-bond donors (Lipinski definition) is 2. The van der Waals surface area contributed by atoms with Crippen molar-refractivity contribution < 1.29 is 23.4 Å². The van der Waals surface area contributed by atoms with Crippen molar-refractivity contribution in [3.63, 3.8) is 0 Å². The predicted molar refractivity (Wildman–Crippen MR) is 64.2 cm³/mol. The monoisotopic (exact) mass is 270 g/mol. The van der Waals surface area contributed by atoms with Crippen molar-refractivity contribution in [3.05, 3.63) is 23.8 Å². The van der Waals surface area contributed by atoms with E-state index in [1.807, 2.05) is 0 Å². The van der Waals surface area contributed by atoms with E-state index in [1.54, 1.807) is 0 Å². The van der Waals surface area contributed by atoms with Crippen molar-refractivity contribution in [1.82, 2.24) is 0 Å². The second-order valence-corrected chi connectivity index (χ2v) is 7.12. The molecule has 1 heterocycles. The maximum Gasteiger partial charge on any atom is 0.310 e. The van der Waals surface area contributed by atoms with Crippen LogP contribution in [0.3, 0.4) is 0 Å². The van der Waals surface area contributed by atoms with Gasteiger partial charge in [-0.15, -0.1) is 0 Å². The number of benzene rings is 1. The Balaban J connectivity index is 2.61. The zero-order valence-electron chi connectivity index (χ0n) is 10.0. The normalized spacial score (nSPS) is 21.6. The van der Waals surface area contributed by atoms with Crippen LogP contribution >= 0.6 is 0 Å². The van der Waals surface area contributed by atoms with Crippen molar-refractivity contribution in [2.24, 2.45) is 5.41 Å². The fourth-order valence-electron chi connectivity index (χ4n) is 2.25. The Bertz CT molecular complexity index is 615. The Kier molecular flexibility index (Phi) is 2.66. The van der Waals surface area contributed by atoms with Gasteiger partial charge < -0.3 is 10.2 Å². The second-order valence-electron chi connectivity index (χ2n) is 5.02. The fraction of sp³-hybridized carbons (Fsp3) is 0.417. The topological polar surface area (TPSA) is 91.7 Å². The van der Waals surface area contributed by atoms with Crippen LogP contribution in [-0.2, 0) is 21.1 Å². The van der Waals surface area contributed by atoms with Gasteiger partial charge in [0.25, 0.3) is 0 Å². The van der Waals surface area contributed by atoms with E-state index in [1.165, 1.54) is 32.0 Å². The number of carboxylic acids is 1. The van der Waals surface area contributed by atoms with Gasteiger partial charge in [-0.05, 0) is 32.4 Å². The van der Waals surface area contributed by atoms with Gasteiger partial charge in [0.15, 0.2) is 9.84 Å². The fourth-order valence-corrected chi connectivity index (χ4v) is 4.62. The van der Waals surface area contributed by atoms with Gasteiger partial charge in [0.1, 0.15) is 5.75 Å². The minimum atomic E-state index is -3.71. The molecular formula is C12H14O5S. The largest absolute Gasteiger partial charge is 0.508 e. The molecule has 0 radical (unpaired) electrons. The Morgan fingerprint density at radius 3 is 2.50 bits per heavy atom. The van der Waals surface area contributed by atoms with E-state index >= 15 is 0 Å². The lowest BCUT2D eigenvalue weighted by Crippen LogP contribution is -2.41. The van der Waals surface area contributed by atoms with Gasteiger partial charge in [0.2, 0.25) is 0 Å². The van der Waals surface area contributed by atoms with E-state index in [0.717, 1.165) is 0 Å². The minimum Gasteiger partial charge on any atom is -0.508 e. The Hall–Kier alpha value is -1.56. The van der Waals surface area contributed by atoms with Gasteiger partial charge in [0.05, 0.1) is 15.6 Å². The predicted octanol–water partition coefficient (Wildman–Crippen LogP) is 1.20. The molecule has 98 valence electrons. The van der Waals surface area contributed by atoms with E-state index in [4.69, 9.17) is 5.11 Å². The van der Waals surface area contributed by atoms with E-state index in [-0.39, 0.29) is 17.1 Å². The SMILES string of the molecule is CC(C)(C(=O)O)C1Cc2c(O)cccc2S1(=O)=O. The van der Waals surface area contributed by atoms with Crippen LogP contribution in [0.2, 0.25) is 0 Å². The van der Waals surface area contributed by atoms with Crippen LogP contribution in [0, 0.1) is 5.41 Å². The van der Waals surface area contributed by atoms with Crippen LogP contribution in [0.25, 0.3) is 0 Å². The summed E-state index contributed by atoms with van der Waals surface area (Å²) in [7, 11) is -3.71. The first-order valence-corrected chi connectivity index (χ1v) is 7.02. The average molecular weight is 270 g/mol. The third-order valence-corrected chi connectivity index (χ3v) is 6.04. The number of hydrogen-bond acceptors (Lipinski definition) is 4. The van der Waals surface area contributed by atoms with Crippen molar-refractivity contribution in [2.75, 3.05) is 0 Å². The first kappa shape index (κ1) is 12.9. The van der Waals surface area contributed by atoms with E-state index < -0.39 is 26.5 Å². The number of rotatable bonds is 2. The average Bonchev–Trinajstić information content (AvgIpc) is 2.53. The molecule has 1 atom stereocenters. The smallest absolute Gasteiger partial charge is 0.310 e. The molecule has 1 aromatic carbocycles. The van der Waals surface area contributed by atoms with Crippen molar-refractivity contribution in [2.45, 2.75) is 30.4 Å². The summed E-state index contributed by atoms with van der Waals surface area (Å²) in [4.78, 5) is 11.2. The molecule has 2 N–H and O–H groups in total.